The fraction of sp³-hybridized carbons (Fsp3) is 0.414. The van der Waals surface area contributed by atoms with E-state index >= 15 is 0 Å². The average Bonchev–Trinajstić information content (AvgIpc) is 3.39. The van der Waals surface area contributed by atoms with Crippen LogP contribution in [-0.4, -0.2) is 83.8 Å². The summed E-state index contributed by atoms with van der Waals surface area (Å²) in [5.41, 5.74) is 6.57. The van der Waals surface area contributed by atoms with Gasteiger partial charge in [-0.2, -0.15) is 5.10 Å². The van der Waals surface area contributed by atoms with Gasteiger partial charge in [0, 0.05) is 88.7 Å². The Bertz CT molecular complexity index is 1570. The van der Waals surface area contributed by atoms with Gasteiger partial charge in [-0.25, -0.2) is 0 Å². The molecule has 4 aromatic rings. The summed E-state index contributed by atoms with van der Waals surface area (Å²) in [6, 6.07) is 8.22. The van der Waals surface area contributed by atoms with Gasteiger partial charge in [-0.3, -0.25) is 19.4 Å². The van der Waals surface area contributed by atoms with Gasteiger partial charge in [0.25, 0.3) is 5.56 Å². The molecule has 39 heavy (non-hydrogen) atoms. The zero-order chi connectivity index (χ0) is 27.1. The van der Waals surface area contributed by atoms with Crippen LogP contribution in [0.4, 0.5) is 17.1 Å². The van der Waals surface area contributed by atoms with Crippen molar-refractivity contribution in [2.24, 2.45) is 14.1 Å². The van der Waals surface area contributed by atoms with Crippen LogP contribution in [0.15, 0.2) is 47.7 Å². The molecule has 0 aliphatic carbocycles. The average molecular weight is 530 g/mol. The highest BCUT2D eigenvalue weighted by atomic mass is 16.5. The Morgan fingerprint density at radius 3 is 2.54 bits per heavy atom. The third-order valence-corrected chi connectivity index (χ3v) is 7.77. The van der Waals surface area contributed by atoms with Gasteiger partial charge in [0.15, 0.2) is 0 Å². The van der Waals surface area contributed by atoms with Crippen LogP contribution in [0.3, 0.4) is 0 Å². The minimum absolute atomic E-state index is 0.000438. The number of aryl methyl sites for hydroxylation is 3. The van der Waals surface area contributed by atoms with Crippen LogP contribution in [0.5, 0.6) is 5.75 Å². The maximum Gasteiger partial charge on any atom is 0.253 e. The number of morpholine rings is 1. The summed E-state index contributed by atoms with van der Waals surface area (Å²) in [4.78, 5) is 24.6. The molecule has 0 unspecified atom stereocenters. The lowest BCUT2D eigenvalue weighted by molar-refractivity contribution is 0.0322. The first kappa shape index (κ1) is 25.4. The Balaban J connectivity index is 1.40. The third-order valence-electron chi connectivity index (χ3n) is 7.77. The van der Waals surface area contributed by atoms with Crippen LogP contribution < -0.4 is 20.1 Å². The molecule has 0 amide bonds. The largest absolute Gasteiger partial charge is 0.492 e. The van der Waals surface area contributed by atoms with Gasteiger partial charge in [0.1, 0.15) is 12.4 Å². The van der Waals surface area contributed by atoms with Crippen molar-refractivity contribution in [1.29, 1.82) is 0 Å². The maximum atomic E-state index is 12.9. The smallest absolute Gasteiger partial charge is 0.253 e. The van der Waals surface area contributed by atoms with E-state index in [1.807, 2.05) is 51.7 Å². The Kier molecular flexibility index (Phi) is 6.74. The summed E-state index contributed by atoms with van der Waals surface area (Å²) in [7, 11) is 5.85. The highest BCUT2D eigenvalue weighted by molar-refractivity contribution is 5.98. The number of hydrogen-bond acceptors (Lipinski definition) is 8. The van der Waals surface area contributed by atoms with Crippen molar-refractivity contribution < 1.29 is 9.47 Å². The molecule has 2 aliphatic heterocycles. The van der Waals surface area contributed by atoms with Crippen LogP contribution in [-0.2, 0) is 18.8 Å². The zero-order valence-electron chi connectivity index (χ0n) is 23.1. The minimum atomic E-state index is 0.000438. The summed E-state index contributed by atoms with van der Waals surface area (Å²) < 4.78 is 15.3. The molecular weight excluding hydrogens is 494 g/mol. The van der Waals surface area contributed by atoms with Crippen molar-refractivity contribution in [2.75, 3.05) is 69.4 Å². The Morgan fingerprint density at radius 1 is 0.949 bits per heavy atom. The van der Waals surface area contributed by atoms with E-state index in [0.29, 0.717) is 12.2 Å². The molecular formula is C29H35N7O3. The van der Waals surface area contributed by atoms with Crippen molar-refractivity contribution in [2.45, 2.75) is 6.92 Å². The van der Waals surface area contributed by atoms with Gasteiger partial charge in [-0.05, 0) is 19.1 Å². The number of aromatic nitrogens is 4. The van der Waals surface area contributed by atoms with Crippen molar-refractivity contribution in [3.8, 4) is 17.0 Å². The first-order valence-electron chi connectivity index (χ1n) is 13.4. The number of rotatable bonds is 6. The normalized spacial score (nSPS) is 16.1. The fourth-order valence-electron chi connectivity index (χ4n) is 5.50. The molecule has 0 spiro atoms. The van der Waals surface area contributed by atoms with Crippen LogP contribution in [0.25, 0.3) is 22.2 Å². The lowest BCUT2D eigenvalue weighted by atomic mass is 10.1. The van der Waals surface area contributed by atoms with E-state index in [4.69, 9.17) is 14.5 Å². The molecule has 204 valence electrons. The highest BCUT2D eigenvalue weighted by Crippen LogP contribution is 2.42. The predicted molar refractivity (Wildman–Crippen MR) is 153 cm³/mol. The number of ether oxygens (including phenoxy) is 2. The number of benzene rings is 1. The van der Waals surface area contributed by atoms with E-state index in [2.05, 4.69) is 39.0 Å². The molecule has 0 N–H and O–H groups in total. The summed E-state index contributed by atoms with van der Waals surface area (Å²) in [5, 5.41) is 5.33. The van der Waals surface area contributed by atoms with Gasteiger partial charge in [-0.1, -0.05) is 0 Å². The van der Waals surface area contributed by atoms with Crippen LogP contribution in [0.1, 0.15) is 5.56 Å². The van der Waals surface area contributed by atoms with E-state index < -0.39 is 0 Å². The molecule has 1 saturated heterocycles. The second-order valence-corrected chi connectivity index (χ2v) is 10.4. The molecule has 1 aromatic carbocycles. The number of fused-ring (bicyclic) bond motifs is 2. The van der Waals surface area contributed by atoms with Gasteiger partial charge >= 0.3 is 0 Å². The second kappa shape index (κ2) is 10.3. The zero-order valence-corrected chi connectivity index (χ0v) is 23.1. The molecule has 10 heteroatoms. The van der Waals surface area contributed by atoms with Crippen LogP contribution in [0, 0.1) is 6.92 Å². The monoisotopic (exact) mass is 529 g/mol. The van der Waals surface area contributed by atoms with E-state index in [1.54, 1.807) is 9.25 Å². The van der Waals surface area contributed by atoms with Crippen molar-refractivity contribution in [1.82, 2.24) is 24.2 Å². The lowest BCUT2D eigenvalue weighted by Gasteiger charge is -2.37. The molecule has 10 nitrogen and oxygen atoms in total. The van der Waals surface area contributed by atoms with Gasteiger partial charge < -0.3 is 23.8 Å². The molecule has 0 atom stereocenters. The summed E-state index contributed by atoms with van der Waals surface area (Å²) in [5.74, 6) is 0.755. The van der Waals surface area contributed by atoms with Gasteiger partial charge in [-0.15, -0.1) is 0 Å². The number of pyridine rings is 2. The van der Waals surface area contributed by atoms with Crippen molar-refractivity contribution >= 4 is 28.0 Å². The molecule has 2 aliphatic rings. The van der Waals surface area contributed by atoms with E-state index in [1.165, 1.54) is 0 Å². The van der Waals surface area contributed by atoms with E-state index in [9.17, 15) is 4.79 Å². The molecule has 5 heterocycles. The van der Waals surface area contributed by atoms with Crippen molar-refractivity contribution in [3.05, 3.63) is 58.8 Å². The lowest BCUT2D eigenvalue weighted by Crippen LogP contribution is -2.38. The first-order chi connectivity index (χ1) is 18.9. The quantitative estimate of drug-likeness (QED) is 0.377. The Morgan fingerprint density at radius 2 is 1.77 bits per heavy atom. The number of likely N-dealkylation sites (N-methyl/N-ethyl adjacent to an activating group) is 1. The Hall–Kier alpha value is -3.89. The van der Waals surface area contributed by atoms with E-state index in [-0.39, 0.29) is 5.56 Å². The molecule has 1 fully saturated rings. The second-order valence-electron chi connectivity index (χ2n) is 10.4. The third kappa shape index (κ3) is 4.86. The standard InChI is InChI=1S/C29H35N7O3/c1-20-13-23-25(34(4)29(20)37)14-22(39-12-9-35-7-10-38-11-8-35)15-26(23)36-6-5-32(2)27-16-24(30-18-28(27)36)21-17-31-33(3)19-21/h13-19H,5-12H2,1-4H3. The predicted octanol–water partition coefficient (Wildman–Crippen LogP) is 2.94. The number of hydrogen-bond donors (Lipinski definition) is 0. The highest BCUT2D eigenvalue weighted by Gasteiger charge is 2.26. The SMILES string of the molecule is Cc1cc2c(N3CCN(C)c4cc(-c5cnn(C)c5)ncc43)cc(OCCN3CCOCC3)cc2n(C)c1=O. The summed E-state index contributed by atoms with van der Waals surface area (Å²) >= 11 is 0. The number of nitrogens with zero attached hydrogens (tertiary/aromatic N) is 7. The fourth-order valence-corrected chi connectivity index (χ4v) is 5.50. The Labute approximate surface area is 228 Å². The molecule has 3 aromatic heterocycles. The summed E-state index contributed by atoms with van der Waals surface area (Å²) in [6.45, 7) is 8.28. The van der Waals surface area contributed by atoms with Crippen LogP contribution in [0.2, 0.25) is 0 Å². The molecule has 0 saturated carbocycles. The van der Waals surface area contributed by atoms with Crippen molar-refractivity contribution in [3.63, 3.8) is 0 Å². The topological polar surface area (TPSA) is 80.9 Å². The summed E-state index contributed by atoms with van der Waals surface area (Å²) in [6.07, 6.45) is 5.76. The maximum absolute atomic E-state index is 12.9. The molecule has 0 bridgehead atoms. The van der Waals surface area contributed by atoms with E-state index in [0.717, 1.165) is 90.9 Å². The van der Waals surface area contributed by atoms with Gasteiger partial charge in [0.05, 0.1) is 53.9 Å². The molecule has 0 radical (unpaired) electrons. The molecule has 6 rings (SSSR count). The number of anilines is 3. The van der Waals surface area contributed by atoms with Gasteiger partial charge in [0.2, 0.25) is 0 Å². The first-order valence-corrected chi connectivity index (χ1v) is 13.4. The van der Waals surface area contributed by atoms with Crippen LogP contribution >= 0.6 is 0 Å². The minimum Gasteiger partial charge on any atom is -0.492 e.